The smallest absolute Gasteiger partial charge is 0.186 e. The first-order chi connectivity index (χ1) is 18.9. The first kappa shape index (κ1) is 29.1. The Labute approximate surface area is 250 Å². The monoisotopic (exact) mass is 596 g/mol. The zero-order valence-electron chi connectivity index (χ0n) is 24.2. The lowest BCUT2D eigenvalue weighted by Crippen LogP contribution is -2.48. The molecule has 9 heteroatoms. The molecule has 2 aromatic carbocycles. The van der Waals surface area contributed by atoms with E-state index in [0.29, 0.717) is 11.1 Å². The van der Waals surface area contributed by atoms with Crippen LogP contribution in [0.15, 0.2) is 35.7 Å². The maximum Gasteiger partial charge on any atom is 0.186 e. The zero-order chi connectivity index (χ0) is 28.8. The fraction of sp³-hybridized carbons (Fsp3) is 0.452. The summed E-state index contributed by atoms with van der Waals surface area (Å²) >= 11 is 9.55. The molecular weight excluding hydrogens is 560 g/mol. The van der Waals surface area contributed by atoms with Gasteiger partial charge in [0.1, 0.15) is 16.8 Å². The van der Waals surface area contributed by atoms with Crippen LogP contribution in [0.1, 0.15) is 58.8 Å². The highest BCUT2D eigenvalue weighted by Crippen LogP contribution is 2.45. The first-order valence-corrected chi connectivity index (χ1v) is 15.8. The molecule has 3 heterocycles. The van der Waals surface area contributed by atoms with Crippen LogP contribution in [-0.4, -0.2) is 58.5 Å². The van der Waals surface area contributed by atoms with Crippen molar-refractivity contribution in [3.63, 3.8) is 0 Å². The molecule has 5 rings (SSSR count). The molecule has 0 radical (unpaired) electrons. The van der Waals surface area contributed by atoms with Crippen LogP contribution in [0.5, 0.6) is 0 Å². The minimum atomic E-state index is -0.698. The van der Waals surface area contributed by atoms with Crippen LogP contribution in [0.25, 0.3) is 32.0 Å². The summed E-state index contributed by atoms with van der Waals surface area (Å²) in [4.78, 5) is 28.0. The maximum atomic E-state index is 13.0. The summed E-state index contributed by atoms with van der Waals surface area (Å²) < 4.78 is 7.39. The van der Waals surface area contributed by atoms with E-state index in [1.54, 1.807) is 29.6 Å². The molecule has 0 bridgehead atoms. The number of hydrogen-bond acceptors (Lipinski definition) is 8. The number of carbonyl (C=O) groups excluding carboxylic acids is 1. The van der Waals surface area contributed by atoms with E-state index < -0.39 is 11.7 Å². The molecule has 0 amide bonds. The van der Waals surface area contributed by atoms with Gasteiger partial charge in [-0.25, -0.2) is 9.97 Å². The average Bonchev–Trinajstić information content (AvgIpc) is 3.54. The molecule has 0 aliphatic carbocycles. The number of fused-ring (bicyclic) bond motifs is 1. The SMILES string of the molecule is CC(=O)[C@@H](OC(C)(C)C)c1c(C)cc2nc(-c3csc(N4CCN(C(C)C)CC4)n3)sc2c1-c1ccc(Cl)cc1. The first-order valence-electron chi connectivity index (χ1n) is 13.7. The topological polar surface area (TPSA) is 58.6 Å². The molecule has 0 N–H and O–H groups in total. The van der Waals surface area contributed by atoms with E-state index in [1.165, 1.54) is 0 Å². The molecule has 6 nitrogen and oxygen atoms in total. The third-order valence-corrected chi connectivity index (χ3v) is 9.45. The lowest BCUT2D eigenvalue weighted by atomic mass is 9.90. The van der Waals surface area contributed by atoms with Crippen molar-refractivity contribution in [2.24, 2.45) is 0 Å². The van der Waals surface area contributed by atoms with E-state index in [-0.39, 0.29) is 5.78 Å². The molecule has 0 unspecified atom stereocenters. The molecule has 2 aromatic heterocycles. The number of halogens is 1. The number of rotatable bonds is 7. The van der Waals surface area contributed by atoms with Gasteiger partial charge in [-0.2, -0.15) is 0 Å². The van der Waals surface area contributed by atoms with E-state index in [2.05, 4.69) is 35.1 Å². The van der Waals surface area contributed by atoms with Crippen molar-refractivity contribution in [2.75, 3.05) is 31.1 Å². The highest BCUT2D eigenvalue weighted by molar-refractivity contribution is 7.22. The lowest BCUT2D eigenvalue weighted by Gasteiger charge is -2.36. The minimum absolute atomic E-state index is 0.0287. The average molecular weight is 597 g/mol. The van der Waals surface area contributed by atoms with Crippen molar-refractivity contribution >= 4 is 55.4 Å². The molecule has 0 saturated carbocycles. The van der Waals surface area contributed by atoms with Gasteiger partial charge in [0, 0.05) is 53.8 Å². The van der Waals surface area contributed by atoms with Gasteiger partial charge in [0.25, 0.3) is 0 Å². The Hall–Kier alpha value is -2.36. The van der Waals surface area contributed by atoms with Crippen LogP contribution >= 0.6 is 34.3 Å². The van der Waals surface area contributed by atoms with Crippen molar-refractivity contribution < 1.29 is 9.53 Å². The summed E-state index contributed by atoms with van der Waals surface area (Å²) in [6, 6.07) is 10.4. The summed E-state index contributed by atoms with van der Waals surface area (Å²) in [5.74, 6) is -0.0287. The third kappa shape index (κ3) is 6.11. The number of nitrogens with zero attached hydrogens (tertiary/aromatic N) is 4. The number of Topliss-reactive ketones (excluding diaryl/α,β-unsaturated/α-hetero) is 1. The van der Waals surface area contributed by atoms with E-state index in [4.69, 9.17) is 26.3 Å². The van der Waals surface area contributed by atoms with Gasteiger partial charge in [-0.1, -0.05) is 23.7 Å². The van der Waals surface area contributed by atoms with Gasteiger partial charge in [-0.05, 0) is 77.8 Å². The number of piperazine rings is 1. The van der Waals surface area contributed by atoms with Gasteiger partial charge in [-0.15, -0.1) is 22.7 Å². The summed E-state index contributed by atoms with van der Waals surface area (Å²) in [5.41, 5.74) is 5.10. The van der Waals surface area contributed by atoms with Gasteiger partial charge in [-0.3, -0.25) is 9.69 Å². The number of benzene rings is 2. The second-order valence-electron chi connectivity index (χ2n) is 11.7. The Kier molecular flexibility index (Phi) is 8.37. The van der Waals surface area contributed by atoms with E-state index in [9.17, 15) is 4.79 Å². The number of carbonyl (C=O) groups is 1. The molecule has 1 aliphatic heterocycles. The van der Waals surface area contributed by atoms with Gasteiger partial charge < -0.3 is 9.64 Å². The predicted octanol–water partition coefficient (Wildman–Crippen LogP) is 8.02. The Balaban J connectivity index is 1.59. The van der Waals surface area contributed by atoms with Gasteiger partial charge >= 0.3 is 0 Å². The molecule has 1 aliphatic rings. The standard InChI is InChI=1S/C31H37ClN4O2S2/c1-18(2)35-12-14-36(15-13-35)30-34-24(17-39-30)29-33-23-16-19(3)25(27(20(4)37)38-31(5,6)7)26(28(23)40-29)21-8-10-22(32)11-9-21/h8-11,16-18,27H,12-15H2,1-7H3/t27-/m1/s1. The van der Waals surface area contributed by atoms with Crippen LogP contribution in [0, 0.1) is 6.92 Å². The fourth-order valence-electron chi connectivity index (χ4n) is 5.20. The summed E-state index contributed by atoms with van der Waals surface area (Å²) in [7, 11) is 0. The van der Waals surface area contributed by atoms with Gasteiger partial charge in [0.15, 0.2) is 10.9 Å². The van der Waals surface area contributed by atoms with Crippen LogP contribution in [0.4, 0.5) is 5.13 Å². The van der Waals surface area contributed by atoms with Crippen LogP contribution in [-0.2, 0) is 9.53 Å². The number of ether oxygens (including phenoxy) is 1. The maximum absolute atomic E-state index is 13.0. The largest absolute Gasteiger partial charge is 0.360 e. The molecular formula is C31H37ClN4O2S2. The van der Waals surface area contributed by atoms with E-state index >= 15 is 0 Å². The Morgan fingerprint density at radius 3 is 2.35 bits per heavy atom. The normalized spacial score (nSPS) is 15.8. The number of aromatic nitrogens is 2. The second kappa shape index (κ2) is 11.5. The highest BCUT2D eigenvalue weighted by Gasteiger charge is 2.31. The Morgan fingerprint density at radius 2 is 1.75 bits per heavy atom. The predicted molar refractivity (Wildman–Crippen MR) is 169 cm³/mol. The van der Waals surface area contributed by atoms with Crippen molar-refractivity contribution in [3.05, 3.63) is 51.9 Å². The summed E-state index contributed by atoms with van der Waals surface area (Å²) in [6.07, 6.45) is -0.698. The number of anilines is 1. The van der Waals surface area contributed by atoms with Crippen LogP contribution < -0.4 is 4.90 Å². The minimum Gasteiger partial charge on any atom is -0.360 e. The van der Waals surface area contributed by atoms with Crippen LogP contribution in [0.3, 0.4) is 0 Å². The lowest BCUT2D eigenvalue weighted by molar-refractivity contribution is -0.138. The summed E-state index contributed by atoms with van der Waals surface area (Å²) in [6.45, 7) is 18.1. The zero-order valence-corrected chi connectivity index (χ0v) is 26.6. The van der Waals surface area contributed by atoms with E-state index in [1.807, 2.05) is 52.0 Å². The Bertz CT molecular complexity index is 1510. The fourth-order valence-corrected chi connectivity index (χ4v) is 7.35. The molecule has 1 atom stereocenters. The molecule has 4 aromatic rings. The van der Waals surface area contributed by atoms with E-state index in [0.717, 1.165) is 74.5 Å². The van der Waals surface area contributed by atoms with Gasteiger partial charge in [0.2, 0.25) is 0 Å². The quantitative estimate of drug-likeness (QED) is 0.215. The number of aryl methyl sites for hydroxylation is 1. The number of ketones is 1. The summed E-state index contributed by atoms with van der Waals surface area (Å²) in [5, 5.41) is 4.69. The molecule has 0 spiro atoms. The molecule has 1 saturated heterocycles. The van der Waals surface area contributed by atoms with Crippen molar-refractivity contribution in [1.29, 1.82) is 0 Å². The molecule has 40 heavy (non-hydrogen) atoms. The van der Waals surface area contributed by atoms with Crippen molar-refractivity contribution in [1.82, 2.24) is 14.9 Å². The van der Waals surface area contributed by atoms with Crippen molar-refractivity contribution in [3.8, 4) is 21.8 Å². The van der Waals surface area contributed by atoms with Crippen LogP contribution in [0.2, 0.25) is 5.02 Å². The third-order valence-electron chi connectivity index (χ3n) is 7.19. The molecule has 1 fully saturated rings. The Morgan fingerprint density at radius 1 is 1.07 bits per heavy atom. The highest BCUT2D eigenvalue weighted by atomic mass is 35.5. The molecule has 212 valence electrons. The van der Waals surface area contributed by atoms with Gasteiger partial charge in [0.05, 0.1) is 15.8 Å². The second-order valence-corrected chi connectivity index (χ2v) is 14.0. The number of hydrogen-bond donors (Lipinski definition) is 0. The number of thiazole rings is 2. The van der Waals surface area contributed by atoms with Crippen molar-refractivity contribution in [2.45, 2.75) is 66.2 Å².